The Kier molecular flexibility index (Phi) is 4.37. The van der Waals surface area contributed by atoms with Gasteiger partial charge in [-0.05, 0) is 59.3 Å². The topological polar surface area (TPSA) is 82.9 Å². The molecule has 2 aromatic heterocycles. The molecule has 2 N–H and O–H groups in total. The van der Waals surface area contributed by atoms with Crippen LogP contribution in [-0.2, 0) is 0 Å². The minimum Gasteiger partial charge on any atom is -0.497 e. The minimum atomic E-state index is 0.118. The maximum atomic E-state index is 10.4. The Morgan fingerprint density at radius 1 is 1.03 bits per heavy atom. The smallest absolute Gasteiger partial charge is 0.196 e. The number of ether oxygens (including phenoxy) is 1. The zero-order chi connectivity index (χ0) is 20.5. The van der Waals surface area contributed by atoms with Crippen LogP contribution >= 0.6 is 0 Å². The molecule has 0 amide bonds. The molecule has 146 valence electrons. The lowest BCUT2D eigenvalue weighted by molar-refractivity contribution is 0.415. The largest absolute Gasteiger partial charge is 0.497 e. The summed E-state index contributed by atoms with van der Waals surface area (Å²) in [5, 5.41) is 21.8. The fraction of sp³-hybridized carbons (Fsp3) is 0.0417. The van der Waals surface area contributed by atoms with Crippen LogP contribution in [0.2, 0.25) is 0 Å². The first-order valence-corrected chi connectivity index (χ1v) is 9.46. The third-order valence-corrected chi connectivity index (χ3v) is 5.02. The summed E-state index contributed by atoms with van der Waals surface area (Å²) < 4.78 is 5.31. The van der Waals surface area contributed by atoms with E-state index in [0.29, 0.717) is 5.56 Å². The number of rotatable bonds is 4. The molecule has 0 saturated heterocycles. The van der Waals surface area contributed by atoms with E-state index in [0.717, 1.165) is 44.0 Å². The van der Waals surface area contributed by atoms with Gasteiger partial charge in [0.15, 0.2) is 5.88 Å². The number of hydrogen-bond acceptors (Lipinski definition) is 5. The van der Waals surface area contributed by atoms with Gasteiger partial charge < -0.3 is 14.8 Å². The van der Waals surface area contributed by atoms with Crippen molar-refractivity contribution in [3.05, 3.63) is 88.6 Å². The predicted octanol–water partition coefficient (Wildman–Crippen LogP) is 4.02. The molecule has 1 aliphatic rings. The van der Waals surface area contributed by atoms with Crippen LogP contribution in [0.1, 0.15) is 11.1 Å². The summed E-state index contributed by atoms with van der Waals surface area (Å²) in [6.45, 7) is 0. The second-order valence-electron chi connectivity index (χ2n) is 6.92. The zero-order valence-electron chi connectivity index (χ0n) is 16.2. The number of nitrogens with one attached hydrogen (secondary N) is 1. The van der Waals surface area contributed by atoms with Gasteiger partial charge in [-0.1, -0.05) is 18.2 Å². The van der Waals surface area contributed by atoms with Crippen molar-refractivity contribution in [1.29, 1.82) is 0 Å². The van der Waals surface area contributed by atoms with Crippen LogP contribution < -0.4 is 15.2 Å². The summed E-state index contributed by atoms with van der Waals surface area (Å²) in [6.07, 6.45) is 9.37. The third-order valence-electron chi connectivity index (χ3n) is 5.02. The van der Waals surface area contributed by atoms with Crippen LogP contribution in [0.15, 0.2) is 77.2 Å². The SMILES string of the molecule is COc1ccc2[nH]c(O)c(/C=c3\ccc4c(c3)N=NC=4/C=C/c3cccnc3)c2c1. The highest BCUT2D eigenvalue weighted by atomic mass is 16.5. The Hall–Kier alpha value is -4.19. The van der Waals surface area contributed by atoms with Gasteiger partial charge in [0.1, 0.15) is 5.75 Å². The van der Waals surface area contributed by atoms with Gasteiger partial charge in [-0.3, -0.25) is 4.98 Å². The van der Waals surface area contributed by atoms with Crippen LogP contribution in [0.5, 0.6) is 11.6 Å². The van der Waals surface area contributed by atoms with Crippen LogP contribution in [-0.4, -0.2) is 22.2 Å². The van der Waals surface area contributed by atoms with Gasteiger partial charge in [-0.15, -0.1) is 10.2 Å². The van der Waals surface area contributed by atoms with Gasteiger partial charge in [0, 0.05) is 34.1 Å². The van der Waals surface area contributed by atoms with E-state index in [9.17, 15) is 5.11 Å². The molecule has 5 rings (SSSR count). The van der Waals surface area contributed by atoms with E-state index >= 15 is 0 Å². The molecule has 6 nitrogen and oxygen atoms in total. The quantitative estimate of drug-likeness (QED) is 0.548. The minimum absolute atomic E-state index is 0.118. The van der Waals surface area contributed by atoms with E-state index in [1.807, 2.05) is 66.8 Å². The zero-order valence-corrected chi connectivity index (χ0v) is 16.2. The number of aromatic nitrogens is 2. The molecule has 6 heteroatoms. The highest BCUT2D eigenvalue weighted by Gasteiger charge is 2.10. The number of methoxy groups -OCH3 is 1. The van der Waals surface area contributed by atoms with Crippen LogP contribution in [0, 0.1) is 0 Å². The Morgan fingerprint density at radius 2 is 1.97 bits per heavy atom. The van der Waals surface area contributed by atoms with E-state index in [1.54, 1.807) is 19.5 Å². The van der Waals surface area contributed by atoms with E-state index < -0.39 is 0 Å². The maximum Gasteiger partial charge on any atom is 0.196 e. The van der Waals surface area contributed by atoms with Gasteiger partial charge >= 0.3 is 0 Å². The first-order chi connectivity index (χ1) is 14.7. The van der Waals surface area contributed by atoms with Crippen molar-refractivity contribution in [2.45, 2.75) is 0 Å². The number of fused-ring (bicyclic) bond motifs is 2. The monoisotopic (exact) mass is 394 g/mol. The fourth-order valence-corrected chi connectivity index (χ4v) is 3.49. The standard InChI is InChI=1S/C24H18N4O2/c1-30-17-6-9-21-19(13-17)20(24(29)26-21)11-16-4-7-18-22(27-28-23(18)12-16)8-5-15-3-2-10-25-14-15/h2-14,26,29H,1H3/b8-5+,16-11+. The molecule has 0 atom stereocenters. The average Bonchev–Trinajstić information content (AvgIpc) is 3.32. The predicted molar refractivity (Wildman–Crippen MR) is 117 cm³/mol. The molecule has 0 fully saturated rings. The lowest BCUT2D eigenvalue weighted by Crippen LogP contribution is -2.08. The van der Waals surface area contributed by atoms with E-state index in [4.69, 9.17) is 4.74 Å². The molecular weight excluding hydrogens is 376 g/mol. The molecule has 30 heavy (non-hydrogen) atoms. The van der Waals surface area contributed by atoms with Crippen molar-refractivity contribution in [2.75, 3.05) is 7.11 Å². The van der Waals surface area contributed by atoms with Gasteiger partial charge in [0.2, 0.25) is 0 Å². The molecule has 0 spiro atoms. The van der Waals surface area contributed by atoms with Crippen LogP contribution in [0.3, 0.4) is 0 Å². The lowest BCUT2D eigenvalue weighted by atomic mass is 10.1. The van der Waals surface area contributed by atoms with E-state index in [1.165, 1.54) is 0 Å². The van der Waals surface area contributed by atoms with Gasteiger partial charge in [0.25, 0.3) is 0 Å². The number of aromatic hydroxyl groups is 1. The Bertz CT molecular complexity index is 1430. The Morgan fingerprint density at radius 3 is 2.80 bits per heavy atom. The fourth-order valence-electron chi connectivity index (χ4n) is 3.49. The molecule has 0 saturated carbocycles. The number of nitrogens with zero attached hydrogens (tertiary/aromatic N) is 3. The normalized spacial score (nSPS) is 13.5. The summed E-state index contributed by atoms with van der Waals surface area (Å²) >= 11 is 0. The average molecular weight is 394 g/mol. The molecule has 3 heterocycles. The van der Waals surface area contributed by atoms with Crippen molar-refractivity contribution < 1.29 is 9.84 Å². The van der Waals surface area contributed by atoms with Gasteiger partial charge in [0.05, 0.1) is 18.5 Å². The van der Waals surface area contributed by atoms with Crippen molar-refractivity contribution in [3.8, 4) is 11.6 Å². The van der Waals surface area contributed by atoms with Gasteiger partial charge in [-0.25, -0.2) is 0 Å². The third kappa shape index (κ3) is 3.24. The summed E-state index contributed by atoms with van der Waals surface area (Å²) in [7, 11) is 1.62. The van der Waals surface area contributed by atoms with Crippen molar-refractivity contribution in [1.82, 2.24) is 9.97 Å². The second-order valence-corrected chi connectivity index (χ2v) is 6.92. The lowest BCUT2D eigenvalue weighted by Gasteiger charge is -1.99. The molecule has 2 aromatic carbocycles. The highest BCUT2D eigenvalue weighted by Crippen LogP contribution is 2.30. The molecule has 0 unspecified atom stereocenters. The second kappa shape index (κ2) is 7.33. The van der Waals surface area contributed by atoms with E-state index in [2.05, 4.69) is 20.2 Å². The Balaban J connectivity index is 1.56. The molecule has 0 bridgehead atoms. The maximum absolute atomic E-state index is 10.4. The number of pyridine rings is 1. The molecule has 4 aromatic rings. The van der Waals surface area contributed by atoms with Gasteiger partial charge in [-0.2, -0.15) is 0 Å². The number of hydrogen-bond donors (Lipinski definition) is 2. The first-order valence-electron chi connectivity index (χ1n) is 9.46. The highest BCUT2D eigenvalue weighted by molar-refractivity contribution is 5.92. The van der Waals surface area contributed by atoms with Crippen molar-refractivity contribution >= 4 is 34.4 Å². The van der Waals surface area contributed by atoms with Crippen molar-refractivity contribution in [2.24, 2.45) is 10.2 Å². The summed E-state index contributed by atoms with van der Waals surface area (Å²) in [5.41, 5.74) is 4.16. The van der Waals surface area contributed by atoms with Crippen LogP contribution in [0.4, 0.5) is 5.69 Å². The first kappa shape index (κ1) is 17.9. The Labute approximate surface area is 172 Å². The van der Waals surface area contributed by atoms with E-state index in [-0.39, 0.29) is 5.88 Å². The molecular formula is C24H18N4O2. The summed E-state index contributed by atoms with van der Waals surface area (Å²) in [5.74, 6) is 0.852. The number of benzene rings is 2. The molecule has 0 radical (unpaired) electrons. The molecule has 0 aliphatic carbocycles. The summed E-state index contributed by atoms with van der Waals surface area (Å²) in [4.78, 5) is 7.11. The number of H-pyrrole nitrogens is 1. The number of aromatic amines is 1. The molecule has 1 aliphatic heterocycles. The van der Waals surface area contributed by atoms with Crippen molar-refractivity contribution in [3.63, 3.8) is 0 Å². The van der Waals surface area contributed by atoms with Crippen LogP contribution in [0.25, 0.3) is 28.8 Å². The summed E-state index contributed by atoms with van der Waals surface area (Å²) in [6, 6.07) is 15.5. The number of azo groups is 1.